The predicted octanol–water partition coefficient (Wildman–Crippen LogP) is 7.40. The van der Waals surface area contributed by atoms with Gasteiger partial charge in [-0.3, -0.25) is 0 Å². The van der Waals surface area contributed by atoms with Crippen molar-refractivity contribution >= 4 is 0 Å². The van der Waals surface area contributed by atoms with E-state index in [9.17, 15) is 10.2 Å². The summed E-state index contributed by atoms with van der Waals surface area (Å²) >= 11 is 0. The topological polar surface area (TPSA) is 58.9 Å². The first kappa shape index (κ1) is 35.5. The molecule has 1 aliphatic heterocycles. The monoisotopic (exact) mass is 620 g/mol. The standard InChI is InChI=1S/C31H30O4.C5H5.C3H5.Ti/c1-29(2)34-27(30(32,23-15-7-3-8-16-23)24-17-9-4-10-18-24)28(35-29)31(33,25-19-11-5-12-20-25)26-21-13-6-14-22-26;1-2-4-5-3-1;1-3-2;/h3-22,27-28,32-33H,1-2H3;1-5H;3H,1-2H2;/q;;-1;+2/t27-,28-;;;/m0.../s1. The van der Waals surface area contributed by atoms with Gasteiger partial charge in [0.15, 0.2) is 5.79 Å². The number of hydrogen-bond acceptors (Lipinski definition) is 4. The molecule has 2 fully saturated rings. The fourth-order valence-corrected chi connectivity index (χ4v) is 5.45. The fourth-order valence-electron chi connectivity index (χ4n) is 5.45. The Bertz CT molecular complexity index is 1190. The van der Waals surface area contributed by atoms with Gasteiger partial charge < -0.3 is 19.7 Å². The molecule has 2 aliphatic rings. The molecule has 2 atom stereocenters. The number of allylic oxidation sites excluding steroid dienone is 1. The molecule has 6 rings (SSSR count). The molecule has 223 valence electrons. The van der Waals surface area contributed by atoms with Crippen LogP contribution in [0.5, 0.6) is 0 Å². The molecule has 2 N–H and O–H groups in total. The first-order valence-electron chi connectivity index (χ1n) is 14.4. The summed E-state index contributed by atoms with van der Waals surface area (Å²) in [4.78, 5) is 0. The molecule has 1 heterocycles. The summed E-state index contributed by atoms with van der Waals surface area (Å²) in [5.41, 5.74) is -0.564. The molecule has 0 bridgehead atoms. The van der Waals surface area contributed by atoms with Crippen molar-refractivity contribution in [2.75, 3.05) is 0 Å². The van der Waals surface area contributed by atoms with E-state index in [2.05, 4.69) is 13.5 Å². The van der Waals surface area contributed by atoms with Gasteiger partial charge in [0, 0.05) is 0 Å². The minimum atomic E-state index is -1.60. The van der Waals surface area contributed by atoms with Gasteiger partial charge in [0.25, 0.3) is 0 Å². The Kier molecular flexibility index (Phi) is 13.2. The smallest absolute Gasteiger partial charge is 0.378 e. The zero-order valence-corrected chi connectivity index (χ0v) is 26.9. The van der Waals surface area contributed by atoms with E-state index in [1.165, 1.54) is 6.08 Å². The molecule has 4 aromatic rings. The zero-order chi connectivity index (χ0) is 30.8. The maximum Gasteiger partial charge on any atom is 2.00 e. The fraction of sp³-hybridized carbons (Fsp3) is 0.179. The molecule has 5 heteroatoms. The average molecular weight is 621 g/mol. The van der Waals surface area contributed by atoms with Crippen LogP contribution < -0.4 is 0 Å². The number of benzene rings is 4. The third-order valence-electron chi connectivity index (χ3n) is 7.33. The van der Waals surface area contributed by atoms with Crippen LogP contribution in [0.2, 0.25) is 0 Å². The van der Waals surface area contributed by atoms with Crippen molar-refractivity contribution in [2.24, 2.45) is 0 Å². The van der Waals surface area contributed by atoms with Crippen molar-refractivity contribution in [2.45, 2.75) is 43.0 Å². The van der Waals surface area contributed by atoms with Crippen LogP contribution in [0.4, 0.5) is 0 Å². The van der Waals surface area contributed by atoms with Crippen LogP contribution in [0.15, 0.2) is 134 Å². The Morgan fingerprint density at radius 1 is 0.568 bits per heavy atom. The molecule has 0 amide bonds. The van der Waals surface area contributed by atoms with Gasteiger partial charge in [0.05, 0.1) is 0 Å². The number of rotatable bonds is 6. The van der Waals surface area contributed by atoms with E-state index in [0.29, 0.717) is 22.3 Å². The molecular formula is C39H40O4Ti+. The number of ether oxygens (including phenoxy) is 2. The molecule has 5 radical (unpaired) electrons. The van der Waals surface area contributed by atoms with E-state index in [-0.39, 0.29) is 21.7 Å². The van der Waals surface area contributed by atoms with Gasteiger partial charge in [0.1, 0.15) is 23.4 Å². The summed E-state index contributed by atoms with van der Waals surface area (Å²) in [6.07, 6.45) is 9.63. The van der Waals surface area contributed by atoms with Crippen LogP contribution in [0, 0.1) is 39.0 Å². The summed E-state index contributed by atoms with van der Waals surface area (Å²) in [5, 5.41) is 25.2. The predicted molar refractivity (Wildman–Crippen MR) is 173 cm³/mol. The first-order chi connectivity index (χ1) is 20.8. The van der Waals surface area contributed by atoms with Crippen molar-refractivity contribution in [1.82, 2.24) is 0 Å². The van der Waals surface area contributed by atoms with Gasteiger partial charge in [-0.15, -0.1) is 0 Å². The third-order valence-corrected chi connectivity index (χ3v) is 7.33. The summed E-state index contributed by atoms with van der Waals surface area (Å²) in [6, 6.07) is 37.8. The number of aliphatic hydroxyl groups is 2. The maximum atomic E-state index is 12.6. The van der Waals surface area contributed by atoms with Crippen LogP contribution in [0.3, 0.4) is 0 Å². The summed E-state index contributed by atoms with van der Waals surface area (Å²) in [7, 11) is 0. The maximum absolute atomic E-state index is 12.6. The SMILES string of the molecule is C=C[CH2-].CC1(C)O[C@H](C(O)(c2ccccc2)c2ccccc2)[C@@H](C(O)(c2ccccc2)c2ccccc2)O1.[CH]1[CH][CH][CH][CH]1.[Ti+2]. The van der Waals surface area contributed by atoms with Crippen LogP contribution in [-0.4, -0.2) is 28.2 Å². The Labute approximate surface area is 278 Å². The molecule has 1 saturated carbocycles. The first-order valence-corrected chi connectivity index (χ1v) is 14.4. The normalized spacial score (nSPS) is 18.9. The second-order valence-electron chi connectivity index (χ2n) is 10.7. The van der Waals surface area contributed by atoms with E-state index < -0.39 is 29.2 Å². The number of hydrogen-bond donors (Lipinski definition) is 2. The van der Waals surface area contributed by atoms with Crippen molar-refractivity contribution in [3.63, 3.8) is 0 Å². The summed E-state index contributed by atoms with van der Waals surface area (Å²) in [6.45, 7) is 10.1. The van der Waals surface area contributed by atoms with Gasteiger partial charge in [-0.1, -0.05) is 121 Å². The van der Waals surface area contributed by atoms with Gasteiger partial charge in [-0.25, -0.2) is 19.6 Å². The minimum absolute atomic E-state index is 0. The summed E-state index contributed by atoms with van der Waals surface area (Å²) in [5.74, 6) is -1.05. The minimum Gasteiger partial charge on any atom is -0.378 e. The molecule has 1 saturated heterocycles. The van der Waals surface area contributed by atoms with Gasteiger partial charge in [-0.2, -0.15) is 0 Å². The molecule has 4 nitrogen and oxygen atoms in total. The van der Waals surface area contributed by atoms with Crippen LogP contribution in [0.25, 0.3) is 0 Å². The van der Waals surface area contributed by atoms with Crippen molar-refractivity contribution in [1.29, 1.82) is 0 Å². The summed E-state index contributed by atoms with van der Waals surface area (Å²) < 4.78 is 13.0. The Morgan fingerprint density at radius 3 is 0.977 bits per heavy atom. The van der Waals surface area contributed by atoms with Crippen molar-refractivity contribution < 1.29 is 41.4 Å². The Morgan fingerprint density at radius 2 is 0.773 bits per heavy atom. The third kappa shape index (κ3) is 8.00. The van der Waals surface area contributed by atoms with Crippen LogP contribution in [-0.2, 0) is 42.4 Å². The van der Waals surface area contributed by atoms with Crippen molar-refractivity contribution in [3.8, 4) is 0 Å². The largest absolute Gasteiger partial charge is 2.00 e. The van der Waals surface area contributed by atoms with Gasteiger partial charge >= 0.3 is 21.7 Å². The molecule has 0 aromatic heterocycles. The second-order valence-corrected chi connectivity index (χ2v) is 10.7. The molecule has 0 spiro atoms. The van der Waals surface area contributed by atoms with Crippen LogP contribution in [0.1, 0.15) is 36.1 Å². The van der Waals surface area contributed by atoms with E-state index in [4.69, 9.17) is 9.47 Å². The van der Waals surface area contributed by atoms with E-state index in [0.717, 1.165) is 0 Å². The quantitative estimate of drug-likeness (QED) is 0.174. The molecule has 44 heavy (non-hydrogen) atoms. The second kappa shape index (κ2) is 16.4. The van der Waals surface area contributed by atoms with Crippen molar-refractivity contribution in [3.05, 3.63) is 195 Å². The molecular weight excluding hydrogens is 580 g/mol. The Balaban J connectivity index is 0.000000519. The van der Waals surface area contributed by atoms with E-state index in [1.54, 1.807) is 0 Å². The Hall–Kier alpha value is -2.96. The van der Waals surface area contributed by atoms with E-state index in [1.807, 2.05) is 167 Å². The average Bonchev–Trinajstić information content (AvgIpc) is 3.75. The van der Waals surface area contributed by atoms with E-state index >= 15 is 0 Å². The molecule has 1 aliphatic carbocycles. The molecule has 0 unspecified atom stereocenters. The zero-order valence-electron chi connectivity index (χ0n) is 25.3. The van der Waals surface area contributed by atoms with Gasteiger partial charge in [0.2, 0.25) is 0 Å². The van der Waals surface area contributed by atoms with Gasteiger partial charge in [-0.05, 0) is 68.2 Å². The van der Waals surface area contributed by atoms with Crippen LogP contribution >= 0.6 is 0 Å². The molecule has 4 aromatic carbocycles.